The van der Waals surface area contributed by atoms with Gasteiger partial charge in [-0.3, -0.25) is 4.79 Å². The summed E-state index contributed by atoms with van der Waals surface area (Å²) in [5.74, 6) is -2.94. The number of para-hydroxylation sites is 2. The van der Waals surface area contributed by atoms with Crippen molar-refractivity contribution in [3.8, 4) is 0 Å². The number of nitrogens with one attached hydrogen (secondary N) is 1. The molecule has 27 heavy (non-hydrogen) atoms. The first-order valence-corrected chi connectivity index (χ1v) is 8.37. The number of amides is 1. The SMILES string of the molecule is CC1(c2ccc(NC(=O)c3cccc(F)c3F)cc2)N=c2ccccc2=N1. The maximum atomic E-state index is 13.7. The number of rotatable bonds is 3. The number of hydrogen-bond donors (Lipinski definition) is 1. The van der Waals surface area contributed by atoms with Gasteiger partial charge < -0.3 is 5.32 Å². The molecule has 0 atom stereocenters. The van der Waals surface area contributed by atoms with E-state index in [-0.39, 0.29) is 5.56 Å². The van der Waals surface area contributed by atoms with Gasteiger partial charge in [0.1, 0.15) is 0 Å². The highest BCUT2D eigenvalue weighted by molar-refractivity contribution is 6.04. The minimum atomic E-state index is -1.17. The standard InChI is InChI=1S/C21H15F2N3O/c1-21(25-17-7-2-3-8-18(17)26-21)13-9-11-14(12-10-13)24-20(27)15-5-4-6-16(22)19(15)23/h2-12H,1H3,(H,24,27). The molecule has 0 fully saturated rings. The Balaban J connectivity index is 1.57. The van der Waals surface area contributed by atoms with Crippen LogP contribution in [-0.4, -0.2) is 5.91 Å². The zero-order chi connectivity index (χ0) is 19.0. The number of hydrogen-bond acceptors (Lipinski definition) is 3. The minimum absolute atomic E-state index is 0.345. The molecule has 1 heterocycles. The molecule has 0 saturated heterocycles. The van der Waals surface area contributed by atoms with Crippen LogP contribution in [0.4, 0.5) is 14.5 Å². The van der Waals surface area contributed by atoms with Gasteiger partial charge in [0.15, 0.2) is 17.3 Å². The van der Waals surface area contributed by atoms with Gasteiger partial charge in [-0.1, -0.05) is 30.3 Å². The van der Waals surface area contributed by atoms with E-state index in [1.165, 1.54) is 12.1 Å². The van der Waals surface area contributed by atoms with Crippen LogP contribution in [0.1, 0.15) is 22.8 Å². The van der Waals surface area contributed by atoms with E-state index >= 15 is 0 Å². The monoisotopic (exact) mass is 363 g/mol. The third kappa shape index (κ3) is 3.10. The average molecular weight is 363 g/mol. The Morgan fingerprint density at radius 1 is 0.889 bits per heavy atom. The van der Waals surface area contributed by atoms with Crippen LogP contribution >= 0.6 is 0 Å². The molecule has 1 aliphatic heterocycles. The molecule has 0 aliphatic carbocycles. The van der Waals surface area contributed by atoms with Gasteiger partial charge in [0.05, 0.1) is 16.3 Å². The number of carbonyl (C=O) groups excluding carboxylic acids is 1. The van der Waals surface area contributed by atoms with Crippen molar-refractivity contribution in [3.05, 3.63) is 100 Å². The number of nitrogens with zero attached hydrogens (tertiary/aromatic N) is 2. The van der Waals surface area contributed by atoms with E-state index < -0.39 is 23.2 Å². The van der Waals surface area contributed by atoms with E-state index in [2.05, 4.69) is 15.3 Å². The van der Waals surface area contributed by atoms with Crippen LogP contribution < -0.4 is 16.0 Å². The molecule has 1 N–H and O–H groups in total. The summed E-state index contributed by atoms with van der Waals surface area (Å²) >= 11 is 0. The minimum Gasteiger partial charge on any atom is -0.322 e. The Bertz CT molecular complexity index is 1120. The second kappa shape index (κ2) is 6.39. The molecule has 0 radical (unpaired) electrons. The summed E-state index contributed by atoms with van der Waals surface area (Å²) in [6.07, 6.45) is 0. The van der Waals surface area contributed by atoms with E-state index in [9.17, 15) is 13.6 Å². The normalized spacial score (nSPS) is 14.0. The Morgan fingerprint density at radius 3 is 2.15 bits per heavy atom. The van der Waals surface area contributed by atoms with Crippen LogP contribution in [0.3, 0.4) is 0 Å². The molecule has 3 aromatic rings. The second-order valence-electron chi connectivity index (χ2n) is 6.37. The summed E-state index contributed by atoms with van der Waals surface area (Å²) in [5, 5.41) is 4.23. The summed E-state index contributed by atoms with van der Waals surface area (Å²) in [6, 6.07) is 18.1. The summed E-state index contributed by atoms with van der Waals surface area (Å²) in [7, 11) is 0. The largest absolute Gasteiger partial charge is 0.322 e. The lowest BCUT2D eigenvalue weighted by Crippen LogP contribution is -2.19. The average Bonchev–Trinajstić information content (AvgIpc) is 3.01. The van der Waals surface area contributed by atoms with E-state index in [1.807, 2.05) is 31.2 Å². The fourth-order valence-corrected chi connectivity index (χ4v) is 3.02. The molecule has 4 nitrogen and oxygen atoms in total. The van der Waals surface area contributed by atoms with Crippen LogP contribution in [0.2, 0.25) is 0 Å². The molecular formula is C21H15F2N3O. The number of fused-ring (bicyclic) bond motifs is 1. The van der Waals surface area contributed by atoms with Crippen LogP contribution in [0.5, 0.6) is 0 Å². The topological polar surface area (TPSA) is 53.8 Å². The van der Waals surface area contributed by atoms with Gasteiger partial charge >= 0.3 is 0 Å². The van der Waals surface area contributed by atoms with Crippen molar-refractivity contribution in [2.45, 2.75) is 12.6 Å². The molecular weight excluding hydrogens is 348 g/mol. The molecule has 0 aromatic heterocycles. The van der Waals surface area contributed by atoms with Crippen LogP contribution in [0.25, 0.3) is 0 Å². The van der Waals surface area contributed by atoms with Gasteiger partial charge in [0.2, 0.25) is 0 Å². The second-order valence-corrected chi connectivity index (χ2v) is 6.37. The summed E-state index contributed by atoms with van der Waals surface area (Å²) in [5.41, 5.74) is 0.239. The van der Waals surface area contributed by atoms with Crippen molar-refractivity contribution in [1.29, 1.82) is 0 Å². The van der Waals surface area contributed by atoms with Gasteiger partial charge in [0.25, 0.3) is 5.91 Å². The molecule has 1 amide bonds. The molecule has 0 spiro atoms. The Morgan fingerprint density at radius 2 is 1.52 bits per heavy atom. The fourth-order valence-electron chi connectivity index (χ4n) is 3.02. The zero-order valence-electron chi connectivity index (χ0n) is 14.4. The highest BCUT2D eigenvalue weighted by atomic mass is 19.2. The fraction of sp³-hybridized carbons (Fsp3) is 0.0952. The molecule has 134 valence electrons. The molecule has 4 rings (SSSR count). The van der Waals surface area contributed by atoms with Gasteiger partial charge in [-0.2, -0.15) is 0 Å². The quantitative estimate of drug-likeness (QED) is 0.762. The lowest BCUT2D eigenvalue weighted by Gasteiger charge is -2.18. The molecule has 3 aromatic carbocycles. The first-order chi connectivity index (χ1) is 13.0. The third-order valence-corrected chi connectivity index (χ3v) is 4.44. The van der Waals surface area contributed by atoms with Crippen LogP contribution in [-0.2, 0) is 5.66 Å². The van der Waals surface area contributed by atoms with Crippen LogP contribution in [0.15, 0.2) is 76.7 Å². The molecule has 6 heteroatoms. The first kappa shape index (κ1) is 17.0. The maximum absolute atomic E-state index is 13.7. The summed E-state index contributed by atoms with van der Waals surface area (Å²) < 4.78 is 27.0. The lowest BCUT2D eigenvalue weighted by molar-refractivity contribution is 0.102. The number of benzene rings is 3. The van der Waals surface area contributed by atoms with Crippen LogP contribution in [0, 0.1) is 11.6 Å². The van der Waals surface area contributed by atoms with Crippen molar-refractivity contribution >= 4 is 11.6 Å². The third-order valence-electron chi connectivity index (χ3n) is 4.44. The van der Waals surface area contributed by atoms with E-state index in [0.29, 0.717) is 5.69 Å². The predicted molar refractivity (Wildman–Crippen MR) is 96.9 cm³/mol. The van der Waals surface area contributed by atoms with Crippen molar-refractivity contribution in [2.75, 3.05) is 5.32 Å². The Labute approximate surface area is 153 Å². The zero-order valence-corrected chi connectivity index (χ0v) is 14.4. The Kier molecular flexibility index (Phi) is 4.03. The summed E-state index contributed by atoms with van der Waals surface area (Å²) in [4.78, 5) is 21.5. The molecule has 1 aliphatic rings. The van der Waals surface area contributed by atoms with E-state index in [1.54, 1.807) is 24.3 Å². The lowest BCUT2D eigenvalue weighted by atomic mass is 10.0. The van der Waals surface area contributed by atoms with Crippen molar-refractivity contribution in [3.63, 3.8) is 0 Å². The van der Waals surface area contributed by atoms with Crippen molar-refractivity contribution in [2.24, 2.45) is 9.98 Å². The highest BCUT2D eigenvalue weighted by Crippen LogP contribution is 2.28. The molecule has 0 bridgehead atoms. The molecule has 0 saturated carbocycles. The van der Waals surface area contributed by atoms with E-state index in [0.717, 1.165) is 22.3 Å². The van der Waals surface area contributed by atoms with Crippen molar-refractivity contribution < 1.29 is 13.6 Å². The van der Waals surface area contributed by atoms with Crippen molar-refractivity contribution in [1.82, 2.24) is 0 Å². The molecule has 0 unspecified atom stereocenters. The van der Waals surface area contributed by atoms with Gasteiger partial charge in [-0.25, -0.2) is 18.8 Å². The van der Waals surface area contributed by atoms with Gasteiger partial charge in [-0.05, 0) is 43.3 Å². The number of carbonyl (C=O) groups is 1. The van der Waals surface area contributed by atoms with E-state index in [4.69, 9.17) is 0 Å². The Hall–Kier alpha value is -3.41. The van der Waals surface area contributed by atoms with Gasteiger partial charge in [0, 0.05) is 11.3 Å². The number of anilines is 1. The highest BCUT2D eigenvalue weighted by Gasteiger charge is 2.27. The smallest absolute Gasteiger partial charge is 0.258 e. The predicted octanol–water partition coefficient (Wildman–Crippen LogP) is 3.34. The maximum Gasteiger partial charge on any atom is 0.258 e. The number of halogens is 2. The van der Waals surface area contributed by atoms with Gasteiger partial charge in [-0.15, -0.1) is 0 Å². The first-order valence-electron chi connectivity index (χ1n) is 8.37. The summed E-state index contributed by atoms with van der Waals surface area (Å²) in [6.45, 7) is 1.91.